The number of piperidine rings is 1. The molecular weight excluding hydrogens is 565 g/mol. The summed E-state index contributed by atoms with van der Waals surface area (Å²) < 4.78 is 37.3. The maximum Gasteiger partial charge on any atom is 0.311 e. The molecule has 0 radical (unpaired) electrons. The molecular formula is C26H32INO5S. The largest absolute Gasteiger partial charge is 0.469 e. The van der Waals surface area contributed by atoms with Crippen molar-refractivity contribution in [1.29, 1.82) is 0 Å². The van der Waals surface area contributed by atoms with Gasteiger partial charge in [-0.3, -0.25) is 13.9 Å². The Balaban J connectivity index is 1.60. The summed E-state index contributed by atoms with van der Waals surface area (Å²) in [5, 5.41) is 0. The molecule has 0 spiro atoms. The Hall–Kier alpha value is -1.49. The monoisotopic (exact) mass is 597 g/mol. The number of aryl methyl sites for hydroxylation is 1. The number of esters is 1. The summed E-state index contributed by atoms with van der Waals surface area (Å²) in [6, 6.07) is 15.6. The van der Waals surface area contributed by atoms with Crippen LogP contribution in [0.1, 0.15) is 43.2 Å². The number of carbonyl (C=O) groups excluding carboxylic acids is 1. The van der Waals surface area contributed by atoms with E-state index in [0.29, 0.717) is 18.9 Å². The smallest absolute Gasteiger partial charge is 0.311 e. The molecule has 6 nitrogen and oxygen atoms in total. The van der Waals surface area contributed by atoms with Crippen LogP contribution in [0.2, 0.25) is 0 Å². The van der Waals surface area contributed by atoms with Gasteiger partial charge in [-0.15, -0.1) is 0 Å². The zero-order valence-corrected chi connectivity index (χ0v) is 22.8. The molecule has 0 saturated carbocycles. The Bertz CT molecular complexity index is 1140. The van der Waals surface area contributed by atoms with Gasteiger partial charge in [0.1, 0.15) is 0 Å². The zero-order chi connectivity index (χ0) is 24.5. The second-order valence-electron chi connectivity index (χ2n) is 9.53. The van der Waals surface area contributed by atoms with E-state index in [1.807, 2.05) is 13.0 Å². The van der Waals surface area contributed by atoms with Gasteiger partial charge >= 0.3 is 5.97 Å². The van der Waals surface area contributed by atoms with Crippen LogP contribution >= 0.6 is 22.6 Å². The molecule has 2 heterocycles. The summed E-state index contributed by atoms with van der Waals surface area (Å²) in [4.78, 5) is 15.7. The quantitative estimate of drug-likeness (QED) is 0.191. The number of benzene rings is 2. The summed E-state index contributed by atoms with van der Waals surface area (Å²) in [5.41, 5.74) is 1.56. The fourth-order valence-electron chi connectivity index (χ4n) is 5.99. The number of hydrogen-bond donors (Lipinski definition) is 0. The first kappa shape index (κ1) is 25.6. The number of nitrogens with zero attached hydrogens (tertiary/aromatic N) is 1. The number of carbonyl (C=O) groups is 1. The van der Waals surface area contributed by atoms with Gasteiger partial charge in [-0.1, -0.05) is 24.3 Å². The normalized spacial score (nSPS) is 27.0. The third kappa shape index (κ3) is 4.92. The molecule has 2 aromatic rings. The van der Waals surface area contributed by atoms with Crippen molar-refractivity contribution in [3.8, 4) is 0 Å². The Kier molecular flexibility index (Phi) is 7.71. The van der Waals surface area contributed by atoms with Crippen LogP contribution in [0.25, 0.3) is 0 Å². The predicted octanol–water partition coefficient (Wildman–Crippen LogP) is 4.68. The van der Waals surface area contributed by atoms with Crippen molar-refractivity contribution in [3.05, 3.63) is 63.2 Å². The van der Waals surface area contributed by atoms with Gasteiger partial charge < -0.3 is 4.74 Å². The molecule has 2 bridgehead atoms. The Morgan fingerprint density at radius 3 is 2.59 bits per heavy atom. The molecule has 0 amide bonds. The van der Waals surface area contributed by atoms with Gasteiger partial charge in [0.05, 0.1) is 24.5 Å². The van der Waals surface area contributed by atoms with Crippen LogP contribution in [-0.2, 0) is 29.2 Å². The van der Waals surface area contributed by atoms with Crippen LogP contribution in [0.4, 0.5) is 0 Å². The molecule has 184 valence electrons. The molecule has 4 atom stereocenters. The van der Waals surface area contributed by atoms with Crippen LogP contribution in [0.15, 0.2) is 53.4 Å². The molecule has 2 unspecified atom stereocenters. The van der Waals surface area contributed by atoms with Gasteiger partial charge in [-0.25, -0.2) is 0 Å². The SMILES string of the molecule is COC(=O)[C@@H]1C2CCC(C[C@]1(CCCOS(=O)(=O)c1cccc(C)c1)c1ccc(I)cc1)N2C. The van der Waals surface area contributed by atoms with Crippen LogP contribution < -0.4 is 0 Å². The van der Waals surface area contributed by atoms with E-state index in [1.165, 1.54) is 7.11 Å². The lowest BCUT2D eigenvalue weighted by Gasteiger charge is -2.50. The lowest BCUT2D eigenvalue weighted by atomic mass is 9.60. The number of ether oxygens (including phenoxy) is 1. The second-order valence-corrected chi connectivity index (χ2v) is 12.4. The van der Waals surface area contributed by atoms with Crippen molar-refractivity contribution in [1.82, 2.24) is 4.90 Å². The number of halogens is 1. The maximum absolute atomic E-state index is 13.2. The average Bonchev–Trinajstić information content (AvgIpc) is 3.06. The van der Waals surface area contributed by atoms with Crippen molar-refractivity contribution in [2.75, 3.05) is 20.8 Å². The maximum atomic E-state index is 13.2. The molecule has 2 aromatic carbocycles. The van der Waals surface area contributed by atoms with E-state index in [-0.39, 0.29) is 29.4 Å². The van der Waals surface area contributed by atoms with Crippen molar-refractivity contribution in [2.45, 2.75) is 61.4 Å². The molecule has 0 aromatic heterocycles. The molecule has 8 heteroatoms. The average molecular weight is 598 g/mol. The van der Waals surface area contributed by atoms with E-state index < -0.39 is 15.5 Å². The van der Waals surface area contributed by atoms with Gasteiger partial charge in [0.15, 0.2) is 0 Å². The van der Waals surface area contributed by atoms with Crippen molar-refractivity contribution in [2.24, 2.45) is 5.92 Å². The van der Waals surface area contributed by atoms with Crippen LogP contribution in [0.3, 0.4) is 0 Å². The van der Waals surface area contributed by atoms with E-state index in [9.17, 15) is 13.2 Å². The highest BCUT2D eigenvalue weighted by Gasteiger charge is 2.57. The van der Waals surface area contributed by atoms with Crippen LogP contribution in [0.5, 0.6) is 0 Å². The summed E-state index contributed by atoms with van der Waals surface area (Å²) >= 11 is 2.29. The highest BCUT2D eigenvalue weighted by molar-refractivity contribution is 14.1. The Morgan fingerprint density at radius 1 is 1.18 bits per heavy atom. The standard InChI is InChI=1S/C26H32INO5S/c1-18-6-4-7-22(16-18)34(30,31)33-15-5-14-26(19-8-10-20(27)11-9-19)17-21-12-13-23(28(21)2)24(26)25(29)32-3/h4,6-11,16,21,23-24H,5,12-15,17H2,1-3H3/t21?,23?,24-,26+/m0/s1. The van der Waals surface area contributed by atoms with Crippen molar-refractivity contribution < 1.29 is 22.1 Å². The minimum Gasteiger partial charge on any atom is -0.469 e. The highest BCUT2D eigenvalue weighted by atomic mass is 127. The first-order valence-corrected chi connectivity index (χ1v) is 14.2. The summed E-state index contributed by atoms with van der Waals surface area (Å²) in [7, 11) is -0.266. The van der Waals surface area contributed by atoms with Gasteiger partial charge in [0, 0.05) is 21.1 Å². The minimum atomic E-state index is -3.83. The Morgan fingerprint density at radius 2 is 1.91 bits per heavy atom. The topological polar surface area (TPSA) is 72.9 Å². The first-order valence-electron chi connectivity index (χ1n) is 11.7. The third-order valence-electron chi connectivity index (χ3n) is 7.63. The van der Waals surface area contributed by atoms with Gasteiger partial charge in [-0.2, -0.15) is 8.42 Å². The molecule has 2 aliphatic heterocycles. The van der Waals surface area contributed by atoms with Crippen molar-refractivity contribution >= 4 is 38.7 Å². The van der Waals surface area contributed by atoms with Crippen LogP contribution in [0, 0.1) is 16.4 Å². The molecule has 34 heavy (non-hydrogen) atoms. The number of rotatable bonds is 8. The number of hydrogen-bond acceptors (Lipinski definition) is 6. The summed E-state index contributed by atoms with van der Waals surface area (Å²) in [6.07, 6.45) is 4.03. The zero-order valence-electron chi connectivity index (χ0n) is 19.9. The van der Waals surface area contributed by atoms with Crippen molar-refractivity contribution in [3.63, 3.8) is 0 Å². The fraction of sp³-hybridized carbons (Fsp3) is 0.500. The summed E-state index contributed by atoms with van der Waals surface area (Å²) in [6.45, 7) is 1.92. The lowest BCUT2D eigenvalue weighted by Crippen LogP contribution is -2.57. The van der Waals surface area contributed by atoms with E-state index in [0.717, 1.165) is 34.0 Å². The number of fused-ring (bicyclic) bond motifs is 2. The first-order chi connectivity index (χ1) is 16.2. The minimum absolute atomic E-state index is 0.0709. The Labute approximate surface area is 216 Å². The van der Waals surface area contributed by atoms with Gasteiger partial charge in [-0.05, 0) is 104 Å². The molecule has 2 fully saturated rings. The predicted molar refractivity (Wildman–Crippen MR) is 139 cm³/mol. The van der Waals surface area contributed by atoms with E-state index in [1.54, 1.807) is 18.2 Å². The number of methoxy groups -OCH3 is 1. The molecule has 0 aliphatic carbocycles. The molecule has 0 N–H and O–H groups in total. The van der Waals surface area contributed by atoms with Gasteiger partial charge in [0.2, 0.25) is 0 Å². The van der Waals surface area contributed by atoms with E-state index >= 15 is 0 Å². The third-order valence-corrected chi connectivity index (χ3v) is 9.66. The fourth-order valence-corrected chi connectivity index (χ4v) is 7.40. The van der Waals surface area contributed by atoms with E-state index in [4.69, 9.17) is 8.92 Å². The molecule has 2 aliphatic rings. The van der Waals surface area contributed by atoms with Crippen LogP contribution in [-0.4, -0.2) is 52.1 Å². The highest BCUT2D eigenvalue weighted by Crippen LogP contribution is 2.53. The molecule has 2 saturated heterocycles. The van der Waals surface area contributed by atoms with Gasteiger partial charge in [0.25, 0.3) is 10.1 Å². The summed E-state index contributed by atoms with van der Waals surface area (Å²) in [5.74, 6) is -0.501. The molecule has 4 rings (SSSR count). The lowest BCUT2D eigenvalue weighted by molar-refractivity contribution is -0.154. The second kappa shape index (κ2) is 10.2. The van der Waals surface area contributed by atoms with E-state index in [2.05, 4.69) is 58.8 Å².